The SMILES string of the molecule is CC(C)(C)c1ccc(CN2CC(C(=O)O)CCC2=O)cc1. The average molecular weight is 289 g/mol. The number of likely N-dealkylation sites (tertiary alicyclic amines) is 1. The number of nitrogens with zero attached hydrogens (tertiary/aromatic N) is 1. The number of aliphatic carboxylic acids is 1. The molecule has 114 valence electrons. The van der Waals surface area contributed by atoms with E-state index in [1.807, 2.05) is 12.1 Å². The highest BCUT2D eigenvalue weighted by Crippen LogP contribution is 2.24. The van der Waals surface area contributed by atoms with Crippen molar-refractivity contribution in [2.24, 2.45) is 5.92 Å². The Morgan fingerprint density at radius 1 is 1.29 bits per heavy atom. The zero-order chi connectivity index (χ0) is 15.6. The number of benzene rings is 1. The number of hydrogen-bond donors (Lipinski definition) is 1. The topological polar surface area (TPSA) is 57.6 Å². The second-order valence-electron chi connectivity index (χ2n) is 6.80. The molecule has 0 radical (unpaired) electrons. The molecule has 1 unspecified atom stereocenters. The Labute approximate surface area is 125 Å². The first-order valence-corrected chi connectivity index (χ1v) is 7.37. The van der Waals surface area contributed by atoms with Crippen LogP contribution < -0.4 is 0 Å². The van der Waals surface area contributed by atoms with Crippen LogP contribution in [0.1, 0.15) is 44.7 Å². The van der Waals surface area contributed by atoms with Gasteiger partial charge in [0, 0.05) is 19.5 Å². The highest BCUT2D eigenvalue weighted by molar-refractivity contribution is 5.80. The van der Waals surface area contributed by atoms with Gasteiger partial charge in [0.2, 0.25) is 5.91 Å². The maximum atomic E-state index is 11.9. The van der Waals surface area contributed by atoms with Gasteiger partial charge in [0.05, 0.1) is 5.92 Å². The molecule has 1 aromatic rings. The van der Waals surface area contributed by atoms with E-state index < -0.39 is 11.9 Å². The van der Waals surface area contributed by atoms with Crippen LogP contribution in [0.2, 0.25) is 0 Å². The van der Waals surface area contributed by atoms with Crippen molar-refractivity contribution < 1.29 is 14.7 Å². The summed E-state index contributed by atoms with van der Waals surface area (Å²) in [4.78, 5) is 24.7. The second-order valence-corrected chi connectivity index (χ2v) is 6.80. The number of amides is 1. The summed E-state index contributed by atoms with van der Waals surface area (Å²) in [5.41, 5.74) is 2.40. The van der Waals surface area contributed by atoms with Crippen LogP contribution in [0, 0.1) is 5.92 Å². The van der Waals surface area contributed by atoms with Crippen molar-refractivity contribution in [1.29, 1.82) is 0 Å². The maximum Gasteiger partial charge on any atom is 0.308 e. The molecular weight excluding hydrogens is 266 g/mol. The van der Waals surface area contributed by atoms with Crippen molar-refractivity contribution in [1.82, 2.24) is 4.90 Å². The van der Waals surface area contributed by atoms with Gasteiger partial charge in [-0.3, -0.25) is 9.59 Å². The van der Waals surface area contributed by atoms with Gasteiger partial charge >= 0.3 is 5.97 Å². The molecule has 1 fully saturated rings. The van der Waals surface area contributed by atoms with Gasteiger partial charge in [-0.25, -0.2) is 0 Å². The molecule has 1 saturated heterocycles. The molecule has 1 amide bonds. The van der Waals surface area contributed by atoms with Gasteiger partial charge in [0.1, 0.15) is 0 Å². The van der Waals surface area contributed by atoms with Gasteiger partial charge in [-0.1, -0.05) is 45.0 Å². The number of piperidine rings is 1. The lowest BCUT2D eigenvalue weighted by Gasteiger charge is -2.31. The summed E-state index contributed by atoms with van der Waals surface area (Å²) in [5.74, 6) is -1.19. The molecule has 1 aliphatic rings. The molecule has 21 heavy (non-hydrogen) atoms. The first-order valence-electron chi connectivity index (χ1n) is 7.37. The molecule has 0 aliphatic carbocycles. The van der Waals surface area contributed by atoms with Crippen LogP contribution in [0.15, 0.2) is 24.3 Å². The summed E-state index contributed by atoms with van der Waals surface area (Å²) in [6.45, 7) is 7.29. The van der Waals surface area contributed by atoms with E-state index in [9.17, 15) is 9.59 Å². The molecular formula is C17H23NO3. The third kappa shape index (κ3) is 3.84. The van der Waals surface area contributed by atoms with Crippen molar-refractivity contribution in [2.45, 2.75) is 45.6 Å². The van der Waals surface area contributed by atoms with Crippen LogP contribution in [0.3, 0.4) is 0 Å². The zero-order valence-electron chi connectivity index (χ0n) is 12.9. The quantitative estimate of drug-likeness (QED) is 0.931. The molecule has 1 aromatic carbocycles. The predicted octanol–water partition coefficient (Wildman–Crippen LogP) is 2.81. The molecule has 1 aliphatic heterocycles. The number of carboxylic acid groups (broad SMARTS) is 1. The van der Waals surface area contributed by atoms with E-state index in [2.05, 4.69) is 32.9 Å². The number of carbonyl (C=O) groups is 2. The summed E-state index contributed by atoms with van der Waals surface area (Å²) in [5, 5.41) is 9.10. The Bertz CT molecular complexity index is 528. The Hall–Kier alpha value is -1.84. The second kappa shape index (κ2) is 5.88. The van der Waals surface area contributed by atoms with E-state index in [1.54, 1.807) is 4.90 Å². The molecule has 0 aromatic heterocycles. The molecule has 0 saturated carbocycles. The van der Waals surface area contributed by atoms with E-state index in [0.29, 0.717) is 25.9 Å². The van der Waals surface area contributed by atoms with Gasteiger partial charge in [-0.05, 0) is 23.0 Å². The van der Waals surface area contributed by atoms with Crippen LogP contribution in [0.5, 0.6) is 0 Å². The highest BCUT2D eigenvalue weighted by Gasteiger charge is 2.29. The molecule has 1 atom stereocenters. The Morgan fingerprint density at radius 2 is 1.90 bits per heavy atom. The van der Waals surface area contributed by atoms with Gasteiger partial charge in [-0.2, -0.15) is 0 Å². The third-order valence-electron chi connectivity index (χ3n) is 4.04. The lowest BCUT2D eigenvalue weighted by atomic mass is 9.86. The minimum Gasteiger partial charge on any atom is -0.481 e. The van der Waals surface area contributed by atoms with Crippen LogP contribution in [-0.2, 0) is 21.5 Å². The third-order valence-corrected chi connectivity index (χ3v) is 4.04. The Morgan fingerprint density at radius 3 is 2.43 bits per heavy atom. The minimum atomic E-state index is -0.810. The average Bonchev–Trinajstić information content (AvgIpc) is 2.40. The van der Waals surface area contributed by atoms with Gasteiger partial charge in [0.15, 0.2) is 0 Å². The van der Waals surface area contributed by atoms with Gasteiger partial charge in [-0.15, -0.1) is 0 Å². The van der Waals surface area contributed by atoms with E-state index in [4.69, 9.17) is 5.11 Å². The lowest BCUT2D eigenvalue weighted by Crippen LogP contribution is -2.42. The standard InChI is InChI=1S/C17H23NO3/c1-17(2,3)14-7-4-12(5-8-14)10-18-11-13(16(20)21)6-9-15(18)19/h4-5,7-8,13H,6,9-11H2,1-3H3,(H,20,21). The zero-order valence-corrected chi connectivity index (χ0v) is 12.9. The van der Waals surface area contributed by atoms with Crippen LogP contribution in [0.25, 0.3) is 0 Å². The molecule has 0 bridgehead atoms. The van der Waals surface area contributed by atoms with Crippen LogP contribution in [-0.4, -0.2) is 28.4 Å². The van der Waals surface area contributed by atoms with E-state index in [1.165, 1.54) is 5.56 Å². The maximum absolute atomic E-state index is 11.9. The Balaban J connectivity index is 2.06. The molecule has 2 rings (SSSR count). The monoisotopic (exact) mass is 289 g/mol. The van der Waals surface area contributed by atoms with Crippen molar-refractivity contribution in [3.63, 3.8) is 0 Å². The first kappa shape index (κ1) is 15.5. The smallest absolute Gasteiger partial charge is 0.308 e. The fourth-order valence-electron chi connectivity index (χ4n) is 2.60. The molecule has 1 N–H and O–H groups in total. The fourth-order valence-corrected chi connectivity index (χ4v) is 2.60. The summed E-state index contributed by atoms with van der Waals surface area (Å²) in [7, 11) is 0. The van der Waals surface area contributed by atoms with Crippen molar-refractivity contribution >= 4 is 11.9 Å². The number of hydrogen-bond acceptors (Lipinski definition) is 2. The molecule has 4 nitrogen and oxygen atoms in total. The normalized spacial score (nSPS) is 19.7. The first-order chi connectivity index (χ1) is 9.77. The van der Waals surface area contributed by atoms with Crippen molar-refractivity contribution in [3.8, 4) is 0 Å². The fraction of sp³-hybridized carbons (Fsp3) is 0.529. The van der Waals surface area contributed by atoms with Crippen LogP contribution >= 0.6 is 0 Å². The highest BCUT2D eigenvalue weighted by atomic mass is 16.4. The molecule has 0 spiro atoms. The van der Waals surface area contributed by atoms with Crippen molar-refractivity contribution in [3.05, 3.63) is 35.4 Å². The van der Waals surface area contributed by atoms with Crippen molar-refractivity contribution in [2.75, 3.05) is 6.54 Å². The number of rotatable bonds is 3. The van der Waals surface area contributed by atoms with Gasteiger partial charge < -0.3 is 10.0 Å². The largest absolute Gasteiger partial charge is 0.481 e. The van der Waals surface area contributed by atoms with E-state index >= 15 is 0 Å². The molecule has 1 heterocycles. The van der Waals surface area contributed by atoms with E-state index in [-0.39, 0.29) is 11.3 Å². The lowest BCUT2D eigenvalue weighted by molar-refractivity contribution is -0.147. The van der Waals surface area contributed by atoms with Crippen LogP contribution in [0.4, 0.5) is 0 Å². The summed E-state index contributed by atoms with van der Waals surface area (Å²) >= 11 is 0. The Kier molecular flexibility index (Phi) is 4.35. The summed E-state index contributed by atoms with van der Waals surface area (Å²) < 4.78 is 0. The summed E-state index contributed by atoms with van der Waals surface area (Å²) in [6.07, 6.45) is 0.782. The van der Waals surface area contributed by atoms with E-state index in [0.717, 1.165) is 5.56 Å². The number of carbonyl (C=O) groups excluding carboxylic acids is 1. The predicted molar refractivity (Wildman–Crippen MR) is 80.9 cm³/mol. The minimum absolute atomic E-state index is 0.0485. The molecule has 4 heteroatoms. The van der Waals surface area contributed by atoms with Gasteiger partial charge in [0.25, 0.3) is 0 Å². The summed E-state index contributed by atoms with van der Waals surface area (Å²) in [6, 6.07) is 8.22. The number of carboxylic acids is 1.